The molecular weight excluding hydrogens is 290 g/mol. The molecule has 7 nitrogen and oxygen atoms in total. The van der Waals surface area contributed by atoms with Crippen molar-refractivity contribution in [2.75, 3.05) is 6.61 Å². The molecule has 3 fully saturated rings. The molecule has 3 heterocycles. The maximum atomic E-state index is 10.6. The van der Waals surface area contributed by atoms with E-state index in [0.29, 0.717) is 12.4 Å². The lowest BCUT2D eigenvalue weighted by atomic mass is 9.94. The van der Waals surface area contributed by atoms with Crippen LogP contribution in [0.2, 0.25) is 0 Å². The monoisotopic (exact) mass is 311 g/mol. The summed E-state index contributed by atoms with van der Waals surface area (Å²) in [4.78, 5) is 0. The number of nitriles is 1. The van der Waals surface area contributed by atoms with E-state index in [0.717, 1.165) is 0 Å². The molecule has 22 heavy (non-hydrogen) atoms. The number of nitrogens with zero attached hydrogens (tertiary/aromatic N) is 1. The van der Waals surface area contributed by atoms with Crippen LogP contribution >= 0.6 is 0 Å². The van der Waals surface area contributed by atoms with E-state index in [-0.39, 0.29) is 0 Å². The second-order valence-corrected chi connectivity index (χ2v) is 6.64. The van der Waals surface area contributed by atoms with E-state index in [9.17, 15) is 5.11 Å². The van der Waals surface area contributed by atoms with Gasteiger partial charge in [-0.1, -0.05) is 0 Å². The molecule has 122 valence electrons. The van der Waals surface area contributed by atoms with Gasteiger partial charge < -0.3 is 28.8 Å². The summed E-state index contributed by atoms with van der Waals surface area (Å²) >= 11 is 0. The first-order valence-electron chi connectivity index (χ1n) is 7.34. The predicted molar refractivity (Wildman–Crippen MR) is 73.3 cm³/mol. The minimum Gasteiger partial charge on any atom is -0.485 e. The second kappa shape index (κ2) is 5.18. The molecule has 0 aromatic heterocycles. The van der Waals surface area contributed by atoms with Crippen molar-refractivity contribution in [3.63, 3.8) is 0 Å². The Kier molecular flexibility index (Phi) is 3.70. The molecule has 0 spiro atoms. The zero-order chi connectivity index (χ0) is 16.1. The molecular formula is C15H21NO6. The minimum atomic E-state index is -0.940. The zero-order valence-corrected chi connectivity index (χ0v) is 13.1. The van der Waals surface area contributed by atoms with Crippen molar-refractivity contribution in [1.82, 2.24) is 0 Å². The van der Waals surface area contributed by atoms with Crippen molar-refractivity contribution in [1.29, 1.82) is 5.26 Å². The van der Waals surface area contributed by atoms with E-state index >= 15 is 0 Å². The van der Waals surface area contributed by atoms with E-state index in [4.69, 9.17) is 28.9 Å². The maximum Gasteiger partial charge on any atom is 0.164 e. The number of fused-ring (bicyclic) bond motifs is 1. The van der Waals surface area contributed by atoms with Gasteiger partial charge in [-0.3, -0.25) is 0 Å². The number of allylic oxidation sites excluding steroid dienone is 1. The van der Waals surface area contributed by atoms with Crippen molar-refractivity contribution < 1.29 is 28.8 Å². The van der Waals surface area contributed by atoms with Crippen LogP contribution < -0.4 is 0 Å². The molecule has 0 aromatic rings. The Bertz CT molecular complexity index is 523. The van der Waals surface area contributed by atoms with E-state index in [1.54, 1.807) is 27.7 Å². The molecule has 3 saturated heterocycles. The first-order chi connectivity index (χ1) is 10.2. The van der Waals surface area contributed by atoms with Crippen molar-refractivity contribution in [2.45, 2.75) is 69.8 Å². The van der Waals surface area contributed by atoms with Crippen molar-refractivity contribution in [3.8, 4) is 6.07 Å². The first kappa shape index (κ1) is 15.7. The minimum absolute atomic E-state index is 0.302. The molecule has 0 saturated carbocycles. The van der Waals surface area contributed by atoms with Crippen LogP contribution in [0.3, 0.4) is 0 Å². The Morgan fingerprint density at radius 3 is 2.45 bits per heavy atom. The average Bonchev–Trinajstić information content (AvgIpc) is 2.92. The molecule has 0 bridgehead atoms. The molecule has 1 N–H and O–H groups in total. The summed E-state index contributed by atoms with van der Waals surface area (Å²) in [6, 6.07) is 1.94. The third kappa shape index (κ3) is 2.73. The van der Waals surface area contributed by atoms with Gasteiger partial charge in [-0.05, 0) is 27.7 Å². The third-order valence-corrected chi connectivity index (χ3v) is 3.96. The molecule has 0 unspecified atom stereocenters. The molecule has 0 amide bonds. The summed E-state index contributed by atoms with van der Waals surface area (Å²) in [5.74, 6) is -1.23. The summed E-state index contributed by atoms with van der Waals surface area (Å²) in [6.07, 6.45) is -2.00. The van der Waals surface area contributed by atoms with Crippen molar-refractivity contribution in [2.24, 2.45) is 0 Å². The van der Waals surface area contributed by atoms with Crippen molar-refractivity contribution in [3.05, 3.63) is 11.8 Å². The van der Waals surface area contributed by atoms with Gasteiger partial charge in [-0.2, -0.15) is 5.26 Å². The fraction of sp³-hybridized carbons (Fsp3) is 0.800. The molecule has 3 aliphatic heterocycles. The molecule has 0 aliphatic carbocycles. The number of hydrogen-bond donors (Lipinski definition) is 1. The van der Waals surface area contributed by atoms with E-state index in [1.807, 2.05) is 6.07 Å². The second-order valence-electron chi connectivity index (χ2n) is 6.64. The van der Waals surface area contributed by atoms with Gasteiger partial charge in [0.25, 0.3) is 0 Å². The van der Waals surface area contributed by atoms with E-state index < -0.39 is 42.1 Å². The number of aliphatic hydroxyl groups excluding tert-OH is 1. The van der Waals surface area contributed by atoms with Crippen LogP contribution in [0, 0.1) is 11.3 Å². The van der Waals surface area contributed by atoms with Crippen LogP contribution in [0.15, 0.2) is 11.8 Å². The van der Waals surface area contributed by atoms with Gasteiger partial charge >= 0.3 is 0 Å². The summed E-state index contributed by atoms with van der Waals surface area (Å²) in [7, 11) is 0. The number of aliphatic hydroxyl groups is 1. The highest BCUT2D eigenvalue weighted by atomic mass is 16.8. The first-order valence-corrected chi connectivity index (χ1v) is 7.34. The maximum absolute atomic E-state index is 10.6. The van der Waals surface area contributed by atoms with Gasteiger partial charge in [0.1, 0.15) is 30.2 Å². The van der Waals surface area contributed by atoms with Gasteiger partial charge in [0.05, 0.1) is 18.8 Å². The topological polar surface area (TPSA) is 90.2 Å². The highest BCUT2D eigenvalue weighted by Crippen LogP contribution is 2.41. The normalized spacial score (nSPS) is 44.4. The highest BCUT2D eigenvalue weighted by Gasteiger charge is 2.56. The summed E-state index contributed by atoms with van der Waals surface area (Å²) in [5.41, 5.74) is 0. The Balaban J connectivity index is 1.85. The molecule has 5 atom stereocenters. The Labute approximate surface area is 129 Å². The van der Waals surface area contributed by atoms with Crippen LogP contribution in [-0.4, -0.2) is 53.8 Å². The van der Waals surface area contributed by atoms with Gasteiger partial charge in [-0.15, -0.1) is 0 Å². The molecule has 7 heteroatoms. The smallest absolute Gasteiger partial charge is 0.164 e. The highest BCUT2D eigenvalue weighted by molar-refractivity contribution is 5.20. The summed E-state index contributed by atoms with van der Waals surface area (Å²) in [6.45, 7) is 7.42. The lowest BCUT2D eigenvalue weighted by Gasteiger charge is -2.38. The SMILES string of the molecule is CC1(C)OC[C@H]([C@H]2O/C(=C\C#N)[C@@H]3OC(C)(C)O[C@@H]3[C@H]2O)O1. The summed E-state index contributed by atoms with van der Waals surface area (Å²) < 4.78 is 28.6. The molecule has 3 aliphatic rings. The van der Waals surface area contributed by atoms with Gasteiger partial charge in [-0.25, -0.2) is 0 Å². The third-order valence-electron chi connectivity index (χ3n) is 3.96. The van der Waals surface area contributed by atoms with Crippen LogP contribution in [0.5, 0.6) is 0 Å². The molecule has 0 radical (unpaired) electrons. The molecule has 3 rings (SSSR count). The largest absolute Gasteiger partial charge is 0.485 e. The van der Waals surface area contributed by atoms with Gasteiger partial charge in [0.2, 0.25) is 0 Å². The van der Waals surface area contributed by atoms with Crippen LogP contribution in [0.4, 0.5) is 0 Å². The standard InChI is InChI=1S/C15H21NO6/c1-14(2)18-7-9(20-14)11-10(17)13-12(8(19-11)5-6-16)21-15(3,4)22-13/h5,9-13,17H,7H2,1-4H3/b8-5-/t9-,10+,11-,12+,13-/m1/s1. The Hall–Kier alpha value is -1.17. The number of hydrogen-bond acceptors (Lipinski definition) is 7. The lowest BCUT2D eigenvalue weighted by Crippen LogP contribution is -2.55. The molecule has 0 aromatic carbocycles. The summed E-state index contributed by atoms with van der Waals surface area (Å²) in [5, 5.41) is 19.6. The van der Waals surface area contributed by atoms with Crippen LogP contribution in [0.1, 0.15) is 27.7 Å². The Morgan fingerprint density at radius 1 is 1.14 bits per heavy atom. The number of ether oxygens (including phenoxy) is 5. The fourth-order valence-electron chi connectivity index (χ4n) is 3.09. The van der Waals surface area contributed by atoms with Crippen LogP contribution in [-0.2, 0) is 23.7 Å². The zero-order valence-electron chi connectivity index (χ0n) is 13.1. The average molecular weight is 311 g/mol. The quantitative estimate of drug-likeness (QED) is 0.717. The van der Waals surface area contributed by atoms with E-state index in [2.05, 4.69) is 0 Å². The van der Waals surface area contributed by atoms with Gasteiger partial charge in [0, 0.05) is 0 Å². The Morgan fingerprint density at radius 2 is 1.86 bits per heavy atom. The van der Waals surface area contributed by atoms with Crippen LogP contribution in [0.25, 0.3) is 0 Å². The van der Waals surface area contributed by atoms with Crippen molar-refractivity contribution >= 4 is 0 Å². The fourth-order valence-corrected chi connectivity index (χ4v) is 3.09. The number of rotatable bonds is 1. The predicted octanol–water partition coefficient (Wildman–Crippen LogP) is 0.825. The van der Waals surface area contributed by atoms with E-state index in [1.165, 1.54) is 6.08 Å². The lowest BCUT2D eigenvalue weighted by molar-refractivity contribution is -0.191. The van der Waals surface area contributed by atoms with Gasteiger partial charge in [0.15, 0.2) is 17.7 Å².